The monoisotopic (exact) mass is 559 g/mol. The normalized spacial score (nSPS) is 12.0. The molecule has 3 heterocycles. The molecule has 1 N–H and O–H groups in total. The van der Waals surface area contributed by atoms with Crippen molar-refractivity contribution in [1.82, 2.24) is 14.9 Å². The van der Waals surface area contributed by atoms with Crippen LogP contribution in [0.15, 0.2) is 48.7 Å². The Morgan fingerprint density at radius 3 is 2.59 bits per heavy atom. The number of benzene rings is 2. The lowest BCUT2D eigenvalue weighted by Gasteiger charge is -2.16. The summed E-state index contributed by atoms with van der Waals surface area (Å²) in [6.45, 7) is 2.52. The first-order chi connectivity index (χ1) is 18.8. The number of hydrogen-bond acceptors (Lipinski definition) is 8. The number of methoxy groups -OCH3 is 2. The molecule has 1 aliphatic rings. The van der Waals surface area contributed by atoms with E-state index in [1.54, 1.807) is 47.4 Å². The Morgan fingerprint density at radius 2 is 1.87 bits per heavy atom. The second kappa shape index (κ2) is 10.7. The number of ether oxygens (including phenoxy) is 2. The fourth-order valence-corrected chi connectivity index (χ4v) is 5.51. The number of nitrogens with zero attached hydrogens (tertiary/aromatic N) is 4. The molecule has 0 saturated heterocycles. The molecule has 0 saturated carbocycles. The SMILES string of the molecule is COc1cc(C(=O)N2Cc3nc(NC(=O)c4cnc(C)cc4-c4cc(C#N)ccc4OC)sc3C2)ccc1Cl. The van der Waals surface area contributed by atoms with Gasteiger partial charge in [0, 0.05) is 28.6 Å². The second-order valence-corrected chi connectivity index (χ2v) is 10.2. The number of anilines is 1. The van der Waals surface area contributed by atoms with E-state index in [0.717, 1.165) is 10.6 Å². The van der Waals surface area contributed by atoms with Crippen molar-refractivity contribution in [1.29, 1.82) is 5.26 Å². The number of halogens is 1. The van der Waals surface area contributed by atoms with Gasteiger partial charge >= 0.3 is 0 Å². The van der Waals surface area contributed by atoms with Crippen molar-refractivity contribution in [3.63, 3.8) is 0 Å². The van der Waals surface area contributed by atoms with E-state index in [2.05, 4.69) is 21.4 Å². The van der Waals surface area contributed by atoms with Gasteiger partial charge in [-0.15, -0.1) is 0 Å². The summed E-state index contributed by atoms with van der Waals surface area (Å²) in [4.78, 5) is 37.9. The number of pyridine rings is 1. The lowest BCUT2D eigenvalue weighted by atomic mass is 9.97. The summed E-state index contributed by atoms with van der Waals surface area (Å²) in [6.07, 6.45) is 1.50. The van der Waals surface area contributed by atoms with E-state index in [4.69, 9.17) is 21.1 Å². The van der Waals surface area contributed by atoms with Gasteiger partial charge in [-0.1, -0.05) is 22.9 Å². The molecule has 39 heavy (non-hydrogen) atoms. The maximum atomic E-state index is 13.4. The van der Waals surface area contributed by atoms with Gasteiger partial charge in [-0.2, -0.15) is 5.26 Å². The summed E-state index contributed by atoms with van der Waals surface area (Å²) >= 11 is 7.40. The highest BCUT2D eigenvalue weighted by atomic mass is 35.5. The lowest BCUT2D eigenvalue weighted by Crippen LogP contribution is -2.25. The molecule has 4 aromatic rings. The quantitative estimate of drug-likeness (QED) is 0.333. The van der Waals surface area contributed by atoms with E-state index in [1.165, 1.54) is 31.8 Å². The molecule has 0 fully saturated rings. The van der Waals surface area contributed by atoms with Crippen LogP contribution in [0.5, 0.6) is 11.5 Å². The van der Waals surface area contributed by atoms with Crippen LogP contribution in [0, 0.1) is 18.3 Å². The summed E-state index contributed by atoms with van der Waals surface area (Å²) in [5, 5.41) is 13.1. The van der Waals surface area contributed by atoms with Crippen LogP contribution in [0.2, 0.25) is 5.02 Å². The molecule has 9 nitrogen and oxygen atoms in total. The van der Waals surface area contributed by atoms with Crippen molar-refractivity contribution in [2.45, 2.75) is 20.0 Å². The van der Waals surface area contributed by atoms with E-state index >= 15 is 0 Å². The largest absolute Gasteiger partial charge is 0.496 e. The predicted octanol–water partition coefficient (Wildman–Crippen LogP) is 5.46. The summed E-state index contributed by atoms with van der Waals surface area (Å²) < 4.78 is 10.7. The van der Waals surface area contributed by atoms with Crippen LogP contribution in [0.3, 0.4) is 0 Å². The van der Waals surface area contributed by atoms with Crippen molar-refractivity contribution >= 4 is 39.9 Å². The molecular formula is C28H22ClN5O4S. The maximum absolute atomic E-state index is 13.4. The molecule has 2 amide bonds. The number of rotatable bonds is 6. The topological polar surface area (TPSA) is 117 Å². The Labute approximate surface area is 233 Å². The first-order valence-corrected chi connectivity index (χ1v) is 13.0. The molecule has 196 valence electrons. The maximum Gasteiger partial charge on any atom is 0.259 e. The molecule has 0 spiro atoms. The van der Waals surface area contributed by atoms with E-state index in [-0.39, 0.29) is 5.91 Å². The number of carbonyl (C=O) groups excluding carboxylic acids is 2. The van der Waals surface area contributed by atoms with E-state index in [9.17, 15) is 14.9 Å². The van der Waals surface area contributed by atoms with Crippen LogP contribution in [-0.4, -0.2) is 40.9 Å². The number of hydrogen-bond donors (Lipinski definition) is 1. The number of fused-ring (bicyclic) bond motifs is 1. The van der Waals surface area contributed by atoms with Crippen molar-refractivity contribution in [3.8, 4) is 28.7 Å². The zero-order chi connectivity index (χ0) is 27.7. The van der Waals surface area contributed by atoms with Crippen molar-refractivity contribution in [2.24, 2.45) is 0 Å². The molecule has 11 heteroatoms. The molecule has 2 aromatic carbocycles. The summed E-state index contributed by atoms with van der Waals surface area (Å²) in [5.74, 6) is 0.409. The Bertz CT molecular complexity index is 1640. The first kappa shape index (κ1) is 26.2. The molecule has 0 bridgehead atoms. The number of aryl methyl sites for hydroxylation is 1. The van der Waals surface area contributed by atoms with Crippen molar-refractivity contribution in [3.05, 3.63) is 86.6 Å². The smallest absolute Gasteiger partial charge is 0.259 e. The third-order valence-electron chi connectivity index (χ3n) is 6.26. The molecule has 0 unspecified atom stereocenters. The standard InChI is InChI=1S/C28H22ClN5O4S/c1-15-8-18(19-9-16(11-30)4-7-23(19)37-2)20(12-31-15)26(35)33-28-32-22-13-34(14-25(22)39-28)27(36)17-5-6-21(29)24(10-17)38-3/h4-10,12H,13-14H2,1-3H3,(H,32,33,35). The fourth-order valence-electron chi connectivity index (χ4n) is 4.33. The average Bonchev–Trinajstić information content (AvgIpc) is 3.51. The van der Waals surface area contributed by atoms with Gasteiger partial charge in [0.05, 0.1) is 60.1 Å². The van der Waals surface area contributed by atoms with Gasteiger partial charge in [0.2, 0.25) is 0 Å². The zero-order valence-corrected chi connectivity index (χ0v) is 22.8. The third kappa shape index (κ3) is 5.14. The molecule has 2 aromatic heterocycles. The van der Waals surface area contributed by atoms with Crippen LogP contribution in [0.4, 0.5) is 5.13 Å². The molecule has 1 aliphatic heterocycles. The zero-order valence-electron chi connectivity index (χ0n) is 21.2. The molecular weight excluding hydrogens is 538 g/mol. The van der Waals surface area contributed by atoms with Gasteiger partial charge in [0.1, 0.15) is 11.5 Å². The van der Waals surface area contributed by atoms with Gasteiger partial charge in [0.15, 0.2) is 5.13 Å². The highest BCUT2D eigenvalue weighted by Crippen LogP contribution is 2.36. The minimum atomic E-state index is -0.393. The van der Waals surface area contributed by atoms with Crippen LogP contribution in [0.25, 0.3) is 11.1 Å². The highest BCUT2D eigenvalue weighted by molar-refractivity contribution is 7.16. The van der Waals surface area contributed by atoms with Crippen molar-refractivity contribution < 1.29 is 19.1 Å². The van der Waals surface area contributed by atoms with Crippen molar-refractivity contribution in [2.75, 3.05) is 19.5 Å². The average molecular weight is 560 g/mol. The first-order valence-electron chi connectivity index (χ1n) is 11.8. The van der Waals surface area contributed by atoms with E-state index in [0.29, 0.717) is 68.3 Å². The van der Waals surface area contributed by atoms with Gasteiger partial charge in [-0.05, 0) is 49.4 Å². The lowest BCUT2D eigenvalue weighted by molar-refractivity contribution is 0.0750. The molecule has 0 radical (unpaired) electrons. The fraction of sp³-hybridized carbons (Fsp3) is 0.179. The van der Waals surface area contributed by atoms with E-state index in [1.807, 2.05) is 6.92 Å². The predicted molar refractivity (Wildman–Crippen MR) is 147 cm³/mol. The Balaban J connectivity index is 1.36. The highest BCUT2D eigenvalue weighted by Gasteiger charge is 2.29. The van der Waals surface area contributed by atoms with Crippen LogP contribution in [-0.2, 0) is 13.1 Å². The Morgan fingerprint density at radius 1 is 1.08 bits per heavy atom. The number of thiazole rings is 1. The number of carbonyl (C=O) groups is 2. The number of aromatic nitrogens is 2. The van der Waals surface area contributed by atoms with E-state index < -0.39 is 5.91 Å². The van der Waals surface area contributed by atoms with Crippen LogP contribution >= 0.6 is 22.9 Å². The number of nitrogens with one attached hydrogen (secondary N) is 1. The third-order valence-corrected chi connectivity index (χ3v) is 7.57. The minimum Gasteiger partial charge on any atom is -0.496 e. The van der Waals surface area contributed by atoms with Gasteiger partial charge in [0.25, 0.3) is 11.8 Å². The number of nitriles is 1. The van der Waals surface area contributed by atoms with Crippen LogP contribution in [0.1, 0.15) is 42.5 Å². The summed E-state index contributed by atoms with van der Waals surface area (Å²) in [6, 6.07) is 13.9. The Kier molecular flexibility index (Phi) is 7.19. The molecule has 0 atom stereocenters. The minimum absolute atomic E-state index is 0.162. The van der Waals surface area contributed by atoms with Gasteiger partial charge in [-0.3, -0.25) is 19.9 Å². The molecule has 0 aliphatic carbocycles. The summed E-state index contributed by atoms with van der Waals surface area (Å²) in [7, 11) is 3.03. The second-order valence-electron chi connectivity index (χ2n) is 8.75. The Hall–Kier alpha value is -4.46. The number of amides is 2. The molecule has 5 rings (SSSR count). The van der Waals surface area contributed by atoms with Crippen LogP contribution < -0.4 is 14.8 Å². The summed E-state index contributed by atoms with van der Waals surface area (Å²) in [5.41, 5.74) is 3.87. The van der Waals surface area contributed by atoms with Gasteiger partial charge in [-0.25, -0.2) is 4.98 Å². The van der Waals surface area contributed by atoms with Gasteiger partial charge < -0.3 is 14.4 Å².